The third kappa shape index (κ3) is 2.57. The van der Waals surface area contributed by atoms with E-state index in [-0.39, 0.29) is 11.2 Å². The molecular weight excluding hydrogens is 326 g/mol. The van der Waals surface area contributed by atoms with Gasteiger partial charge in [0.05, 0.1) is 5.69 Å². The van der Waals surface area contributed by atoms with Crippen LogP contribution in [0, 0.1) is 31.6 Å². The summed E-state index contributed by atoms with van der Waals surface area (Å²) in [6.07, 6.45) is 4.97. The van der Waals surface area contributed by atoms with Gasteiger partial charge in [-0.25, -0.2) is 13.4 Å². The van der Waals surface area contributed by atoms with Crippen LogP contribution in [0.2, 0.25) is 0 Å². The van der Waals surface area contributed by atoms with Crippen LogP contribution in [0.4, 0.5) is 0 Å². The van der Waals surface area contributed by atoms with Gasteiger partial charge in [0.25, 0.3) is 0 Å². The lowest BCUT2D eigenvalue weighted by molar-refractivity contribution is -0.117. The molecule has 134 valence electrons. The number of aromatic nitrogens is 2. The van der Waals surface area contributed by atoms with Crippen molar-refractivity contribution in [3.05, 3.63) is 11.4 Å². The number of hydrogen-bond acceptors (Lipinski definition) is 4. The van der Waals surface area contributed by atoms with Crippen LogP contribution in [0.15, 0.2) is 5.16 Å². The second-order valence-corrected chi connectivity index (χ2v) is 9.77. The summed E-state index contributed by atoms with van der Waals surface area (Å²) in [6.45, 7) is 7.14. The van der Waals surface area contributed by atoms with Crippen LogP contribution in [0.5, 0.6) is 0 Å². The number of imidazole rings is 1. The van der Waals surface area contributed by atoms with Crippen molar-refractivity contribution in [2.75, 3.05) is 0 Å². The van der Waals surface area contributed by atoms with E-state index in [1.54, 1.807) is 0 Å². The molecule has 0 aliphatic heterocycles. The zero-order valence-electron chi connectivity index (χ0n) is 14.8. The van der Waals surface area contributed by atoms with E-state index in [0.717, 1.165) is 18.0 Å². The lowest BCUT2D eigenvalue weighted by Gasteiger charge is -2.30. The van der Waals surface area contributed by atoms with Crippen molar-refractivity contribution in [1.82, 2.24) is 9.55 Å². The third-order valence-electron chi connectivity index (χ3n) is 6.29. The standard InChI is InChI=1S/C17H27N3O3S/c1-9-10(2)20(11(3)15-8-13-5-6-14(15)7-13)17(19-9)24(22,23)12(4)16(18)21/h11-15H,5-8H2,1-4H3,(H2,18,21)/t11-,12+,13-,14-,15+/m0/s1. The molecule has 6 nitrogen and oxygen atoms in total. The molecule has 2 aliphatic carbocycles. The first-order chi connectivity index (χ1) is 11.1. The quantitative estimate of drug-likeness (QED) is 0.877. The van der Waals surface area contributed by atoms with Gasteiger partial charge >= 0.3 is 0 Å². The molecule has 0 aromatic carbocycles. The van der Waals surface area contributed by atoms with E-state index in [9.17, 15) is 13.2 Å². The maximum atomic E-state index is 12.9. The number of carbonyl (C=O) groups excluding carboxylic acids is 1. The Bertz CT molecular complexity index is 768. The molecule has 5 atom stereocenters. The highest BCUT2D eigenvalue weighted by Crippen LogP contribution is 2.52. The summed E-state index contributed by atoms with van der Waals surface area (Å²) in [5.74, 6) is 1.11. The first kappa shape index (κ1) is 17.5. The van der Waals surface area contributed by atoms with Gasteiger partial charge in [0.15, 0.2) is 0 Å². The lowest BCUT2D eigenvalue weighted by Crippen LogP contribution is -2.35. The van der Waals surface area contributed by atoms with E-state index in [1.165, 1.54) is 26.2 Å². The summed E-state index contributed by atoms with van der Waals surface area (Å²) in [5, 5.41) is -1.27. The van der Waals surface area contributed by atoms with Crippen molar-refractivity contribution in [2.24, 2.45) is 23.5 Å². The van der Waals surface area contributed by atoms with Crippen LogP contribution in [0.1, 0.15) is 57.0 Å². The zero-order chi connectivity index (χ0) is 17.8. The maximum absolute atomic E-state index is 12.9. The molecule has 2 saturated carbocycles. The summed E-state index contributed by atoms with van der Waals surface area (Å²) < 4.78 is 27.6. The van der Waals surface area contributed by atoms with Crippen LogP contribution in [-0.4, -0.2) is 29.1 Å². The summed E-state index contributed by atoms with van der Waals surface area (Å²) >= 11 is 0. The van der Waals surface area contributed by atoms with E-state index >= 15 is 0 Å². The predicted octanol–water partition coefficient (Wildman–Crippen LogP) is 2.14. The fourth-order valence-corrected chi connectivity index (χ4v) is 6.13. The molecule has 2 bridgehead atoms. The highest BCUT2D eigenvalue weighted by molar-refractivity contribution is 7.92. The number of hydrogen-bond donors (Lipinski definition) is 1. The molecule has 7 heteroatoms. The van der Waals surface area contributed by atoms with E-state index in [4.69, 9.17) is 5.73 Å². The molecule has 1 heterocycles. The molecule has 0 spiro atoms. The minimum atomic E-state index is -3.88. The largest absolute Gasteiger partial charge is 0.369 e. The Morgan fingerprint density at radius 1 is 1.25 bits per heavy atom. The van der Waals surface area contributed by atoms with Gasteiger partial charge in [0, 0.05) is 11.7 Å². The van der Waals surface area contributed by atoms with Crippen LogP contribution >= 0.6 is 0 Å². The molecular formula is C17H27N3O3S. The number of amides is 1. The van der Waals surface area contributed by atoms with Gasteiger partial charge in [0.2, 0.25) is 20.9 Å². The monoisotopic (exact) mass is 353 g/mol. The number of carbonyl (C=O) groups is 1. The minimum absolute atomic E-state index is 0.000858. The summed E-state index contributed by atoms with van der Waals surface area (Å²) in [4.78, 5) is 15.8. The first-order valence-corrected chi connectivity index (χ1v) is 10.3. The van der Waals surface area contributed by atoms with Crippen molar-refractivity contribution < 1.29 is 13.2 Å². The van der Waals surface area contributed by atoms with Crippen molar-refractivity contribution >= 4 is 15.7 Å². The second kappa shape index (κ2) is 5.86. The molecule has 2 aliphatic rings. The van der Waals surface area contributed by atoms with Crippen molar-refractivity contribution in [3.8, 4) is 0 Å². The van der Waals surface area contributed by atoms with E-state index in [1.807, 2.05) is 18.4 Å². The predicted molar refractivity (Wildman–Crippen MR) is 91.2 cm³/mol. The first-order valence-electron chi connectivity index (χ1n) is 8.73. The summed E-state index contributed by atoms with van der Waals surface area (Å²) in [6, 6.07) is 0.0614. The average molecular weight is 353 g/mol. The summed E-state index contributed by atoms with van der Waals surface area (Å²) in [7, 11) is -3.88. The number of fused-ring (bicyclic) bond motifs is 2. The van der Waals surface area contributed by atoms with Gasteiger partial charge in [-0.15, -0.1) is 0 Å². The van der Waals surface area contributed by atoms with Crippen molar-refractivity contribution in [1.29, 1.82) is 0 Å². The fourth-order valence-electron chi connectivity index (χ4n) is 4.66. The SMILES string of the molecule is Cc1nc(S(=O)(=O)[C@H](C)C(N)=O)n([C@@H](C)[C@H]2C[C@H]3CC[C@H]2C3)c1C. The van der Waals surface area contributed by atoms with Crippen LogP contribution < -0.4 is 5.73 Å². The van der Waals surface area contributed by atoms with Gasteiger partial charge < -0.3 is 10.3 Å². The number of aryl methyl sites for hydroxylation is 1. The average Bonchev–Trinajstić information content (AvgIpc) is 3.21. The van der Waals surface area contributed by atoms with Crippen molar-refractivity contribution in [2.45, 2.75) is 69.8 Å². The van der Waals surface area contributed by atoms with E-state index < -0.39 is 21.0 Å². The number of nitrogens with two attached hydrogens (primary N) is 1. The molecule has 24 heavy (non-hydrogen) atoms. The molecule has 0 unspecified atom stereocenters. The maximum Gasteiger partial charge on any atom is 0.235 e. The molecule has 2 N–H and O–H groups in total. The third-order valence-corrected chi connectivity index (χ3v) is 8.25. The molecule has 3 rings (SSSR count). The number of nitrogens with zero attached hydrogens (tertiary/aromatic N) is 2. The van der Waals surface area contributed by atoms with Crippen molar-refractivity contribution in [3.63, 3.8) is 0 Å². The van der Waals surface area contributed by atoms with Crippen LogP contribution in [0.3, 0.4) is 0 Å². The molecule has 1 aromatic heterocycles. The topological polar surface area (TPSA) is 95.1 Å². The Morgan fingerprint density at radius 3 is 2.42 bits per heavy atom. The number of rotatable bonds is 5. The molecule has 1 amide bonds. The molecule has 0 saturated heterocycles. The Hall–Kier alpha value is -1.37. The Labute approximate surface area is 143 Å². The van der Waals surface area contributed by atoms with Gasteiger partial charge in [-0.2, -0.15) is 0 Å². The smallest absolute Gasteiger partial charge is 0.235 e. The summed E-state index contributed by atoms with van der Waals surface area (Å²) in [5.41, 5.74) is 6.80. The number of primary amides is 1. The van der Waals surface area contributed by atoms with E-state index in [2.05, 4.69) is 11.9 Å². The number of sulfone groups is 1. The second-order valence-electron chi connectivity index (χ2n) is 7.60. The molecule has 0 radical (unpaired) electrons. The van der Waals surface area contributed by atoms with Crippen LogP contribution in [-0.2, 0) is 14.6 Å². The Kier molecular flexibility index (Phi) is 4.26. The van der Waals surface area contributed by atoms with Gasteiger partial charge in [-0.05, 0) is 64.7 Å². The Balaban J connectivity index is 2.04. The van der Waals surface area contributed by atoms with Crippen LogP contribution in [0.25, 0.3) is 0 Å². The normalized spacial score (nSPS) is 28.9. The lowest BCUT2D eigenvalue weighted by atomic mass is 9.84. The fraction of sp³-hybridized carbons (Fsp3) is 0.765. The Morgan fingerprint density at radius 2 is 1.92 bits per heavy atom. The van der Waals surface area contributed by atoms with Gasteiger partial charge in [-0.1, -0.05) is 6.42 Å². The highest BCUT2D eigenvalue weighted by Gasteiger charge is 2.44. The molecule has 2 fully saturated rings. The van der Waals surface area contributed by atoms with Gasteiger partial charge in [0.1, 0.15) is 5.25 Å². The van der Waals surface area contributed by atoms with E-state index in [0.29, 0.717) is 17.5 Å². The van der Waals surface area contributed by atoms with Gasteiger partial charge in [-0.3, -0.25) is 4.79 Å². The zero-order valence-corrected chi connectivity index (χ0v) is 15.6. The highest BCUT2D eigenvalue weighted by atomic mass is 32.2. The minimum Gasteiger partial charge on any atom is -0.369 e. The molecule has 1 aromatic rings.